The summed E-state index contributed by atoms with van der Waals surface area (Å²) >= 11 is 1.47. The molecule has 174 valence electrons. The van der Waals surface area contributed by atoms with Crippen LogP contribution in [0.5, 0.6) is 0 Å². The van der Waals surface area contributed by atoms with Crippen LogP contribution in [0.3, 0.4) is 0 Å². The molecule has 0 amide bonds. The van der Waals surface area contributed by atoms with Gasteiger partial charge in [-0.1, -0.05) is 123 Å². The average Bonchev–Trinajstić information content (AvgIpc) is 3.29. The van der Waals surface area contributed by atoms with E-state index in [2.05, 4.69) is 89.6 Å². The van der Waals surface area contributed by atoms with Crippen molar-refractivity contribution in [1.82, 2.24) is 9.78 Å². The van der Waals surface area contributed by atoms with Crippen molar-refractivity contribution in [3.8, 4) is 33.6 Å². The van der Waals surface area contributed by atoms with Crippen molar-refractivity contribution < 1.29 is 4.79 Å². The molecule has 0 aliphatic rings. The molecule has 0 spiro atoms. The maximum absolute atomic E-state index is 11.5. The second-order valence-electron chi connectivity index (χ2n) is 8.38. The molecule has 0 unspecified atom stereocenters. The van der Waals surface area contributed by atoms with Crippen LogP contribution >= 0.6 is 11.8 Å². The van der Waals surface area contributed by atoms with Crippen LogP contribution in [0.15, 0.2) is 91.0 Å². The van der Waals surface area contributed by atoms with E-state index in [9.17, 15) is 4.79 Å². The van der Waals surface area contributed by atoms with Crippen LogP contribution in [-0.2, 0) is 11.3 Å². The number of nitrogens with zero attached hydrogens (tertiary/aromatic N) is 2. The molecule has 3 aromatic carbocycles. The highest BCUT2D eigenvalue weighted by Crippen LogP contribution is 2.40. The molecule has 0 radical (unpaired) electrons. The van der Waals surface area contributed by atoms with Crippen LogP contribution in [0.25, 0.3) is 33.6 Å². The number of carbonyl (C=O) groups excluding carboxylic acids is 1. The lowest BCUT2D eigenvalue weighted by molar-refractivity contribution is -0.110. The molecule has 0 bridgehead atoms. The second kappa shape index (κ2) is 12.4. The predicted octanol–water partition coefficient (Wildman–Crippen LogP) is 8.11. The minimum atomic E-state index is 0.297. The summed E-state index contributed by atoms with van der Waals surface area (Å²) in [6.45, 7) is 2.80. The lowest BCUT2D eigenvalue weighted by atomic mass is 9.96. The number of hydrogen-bond acceptors (Lipinski definition) is 3. The Morgan fingerprint density at radius 2 is 1.29 bits per heavy atom. The number of aryl methyl sites for hydroxylation is 1. The van der Waals surface area contributed by atoms with E-state index in [0.717, 1.165) is 49.2 Å². The van der Waals surface area contributed by atoms with Crippen LogP contribution in [0, 0.1) is 0 Å². The molecule has 1 heterocycles. The van der Waals surface area contributed by atoms with E-state index < -0.39 is 0 Å². The zero-order chi connectivity index (χ0) is 23.6. The van der Waals surface area contributed by atoms with Crippen LogP contribution in [-0.4, -0.2) is 20.6 Å². The Kier molecular flexibility index (Phi) is 8.75. The van der Waals surface area contributed by atoms with E-state index in [1.54, 1.807) is 0 Å². The number of rotatable bonds is 11. The quantitative estimate of drug-likeness (QED) is 0.208. The molecule has 0 aliphatic carbocycles. The Labute approximate surface area is 207 Å². The fourth-order valence-corrected chi connectivity index (χ4v) is 4.97. The number of hydrogen-bond donors (Lipinski definition) is 0. The largest absolute Gasteiger partial charge is 0.287 e. The van der Waals surface area contributed by atoms with Crippen LogP contribution < -0.4 is 0 Å². The highest BCUT2D eigenvalue weighted by molar-refractivity contribution is 8.13. The van der Waals surface area contributed by atoms with Crippen LogP contribution in [0.4, 0.5) is 0 Å². The summed E-state index contributed by atoms with van der Waals surface area (Å²) in [4.78, 5) is 11.5. The first-order valence-electron chi connectivity index (χ1n) is 12.2. The summed E-state index contributed by atoms with van der Waals surface area (Å²) in [6, 6.07) is 31.7. The summed E-state index contributed by atoms with van der Waals surface area (Å²) < 4.78 is 2.20. The Morgan fingerprint density at radius 3 is 1.91 bits per heavy atom. The predicted molar refractivity (Wildman–Crippen MR) is 145 cm³/mol. The van der Waals surface area contributed by atoms with Gasteiger partial charge in [0.05, 0.1) is 5.69 Å². The first-order valence-corrected chi connectivity index (χ1v) is 13.2. The van der Waals surface area contributed by atoms with Gasteiger partial charge in [-0.05, 0) is 18.4 Å². The zero-order valence-corrected chi connectivity index (χ0v) is 20.6. The van der Waals surface area contributed by atoms with Gasteiger partial charge in [0.25, 0.3) is 0 Å². The monoisotopic (exact) mass is 468 g/mol. The van der Waals surface area contributed by atoms with E-state index in [-0.39, 0.29) is 0 Å². The number of benzene rings is 3. The van der Waals surface area contributed by atoms with Gasteiger partial charge in [0, 0.05) is 35.4 Å². The third-order valence-electron chi connectivity index (χ3n) is 5.93. The van der Waals surface area contributed by atoms with Gasteiger partial charge in [0.15, 0.2) is 5.12 Å². The minimum Gasteiger partial charge on any atom is -0.287 e. The molecule has 0 atom stereocenters. The van der Waals surface area contributed by atoms with Gasteiger partial charge < -0.3 is 0 Å². The van der Waals surface area contributed by atoms with E-state index in [1.807, 2.05) is 13.0 Å². The molecule has 0 saturated heterocycles. The van der Waals surface area contributed by atoms with Gasteiger partial charge >= 0.3 is 0 Å². The summed E-state index contributed by atoms with van der Waals surface area (Å²) in [5.41, 5.74) is 6.90. The number of unbranched alkanes of at least 4 members (excludes halogenated alkanes) is 3. The van der Waals surface area contributed by atoms with Crippen molar-refractivity contribution in [2.45, 2.75) is 45.6 Å². The number of aromatic nitrogens is 2. The van der Waals surface area contributed by atoms with Crippen molar-refractivity contribution in [2.75, 3.05) is 5.75 Å². The highest BCUT2D eigenvalue weighted by Gasteiger charge is 2.21. The Morgan fingerprint density at radius 1 is 0.735 bits per heavy atom. The molecule has 0 N–H and O–H groups in total. The summed E-state index contributed by atoms with van der Waals surface area (Å²) in [6.07, 6.45) is 5.06. The molecule has 0 aliphatic heterocycles. The summed E-state index contributed by atoms with van der Waals surface area (Å²) in [7, 11) is 0. The topological polar surface area (TPSA) is 34.9 Å². The minimum absolute atomic E-state index is 0.297. The first kappa shape index (κ1) is 24.0. The molecule has 4 aromatic rings. The molecular weight excluding hydrogens is 436 g/mol. The third-order valence-corrected chi connectivity index (χ3v) is 7.03. The number of thioether (sulfide) groups is 1. The van der Waals surface area contributed by atoms with Crippen molar-refractivity contribution in [2.24, 2.45) is 0 Å². The molecule has 0 saturated carbocycles. The van der Waals surface area contributed by atoms with Crippen molar-refractivity contribution >= 4 is 16.9 Å². The zero-order valence-electron chi connectivity index (χ0n) is 19.8. The Balaban J connectivity index is 1.62. The second-order valence-corrected chi connectivity index (χ2v) is 9.53. The van der Waals surface area contributed by atoms with E-state index >= 15 is 0 Å². The molecule has 4 heteroatoms. The fourth-order valence-electron chi connectivity index (χ4n) is 4.19. The lowest BCUT2D eigenvalue weighted by Gasteiger charge is -2.11. The third kappa shape index (κ3) is 6.06. The van der Waals surface area contributed by atoms with Crippen molar-refractivity contribution in [3.05, 3.63) is 91.0 Å². The standard InChI is InChI=1S/C30H32N2OS/c1-2-27(33)34-23-15-4-3-14-22-32-30(26-20-12-7-13-21-26)28(24-16-8-5-9-17-24)29(31-32)25-18-10-6-11-19-25/h5-13,16-21H,2-4,14-15,22-23H2,1H3. The van der Waals surface area contributed by atoms with Gasteiger partial charge in [-0.15, -0.1) is 0 Å². The van der Waals surface area contributed by atoms with Crippen LogP contribution in [0.1, 0.15) is 39.0 Å². The van der Waals surface area contributed by atoms with Gasteiger partial charge in [-0.2, -0.15) is 5.10 Å². The Bertz CT molecular complexity index is 1170. The van der Waals surface area contributed by atoms with Crippen molar-refractivity contribution in [3.63, 3.8) is 0 Å². The van der Waals surface area contributed by atoms with Gasteiger partial charge in [-0.25, -0.2) is 0 Å². The molecule has 3 nitrogen and oxygen atoms in total. The smallest absolute Gasteiger partial charge is 0.188 e. The van der Waals surface area contributed by atoms with Crippen molar-refractivity contribution in [1.29, 1.82) is 0 Å². The van der Waals surface area contributed by atoms with Gasteiger partial charge in [-0.3, -0.25) is 9.48 Å². The van der Waals surface area contributed by atoms with Gasteiger partial charge in [0.2, 0.25) is 0 Å². The SMILES string of the molecule is CCC(=O)SCCCCCCn1nc(-c2ccccc2)c(-c2ccccc2)c1-c1ccccc1. The molecule has 4 rings (SSSR count). The van der Waals surface area contributed by atoms with Gasteiger partial charge in [0.1, 0.15) is 5.69 Å². The summed E-state index contributed by atoms with van der Waals surface area (Å²) in [5, 5.41) is 5.47. The molecule has 1 aromatic heterocycles. The van der Waals surface area contributed by atoms with E-state index in [0.29, 0.717) is 11.5 Å². The fraction of sp³-hybridized carbons (Fsp3) is 0.267. The number of carbonyl (C=O) groups is 1. The normalized spacial score (nSPS) is 11.0. The average molecular weight is 469 g/mol. The maximum atomic E-state index is 11.5. The summed E-state index contributed by atoms with van der Waals surface area (Å²) in [5.74, 6) is 0.931. The molecule has 0 fully saturated rings. The van der Waals surface area contributed by atoms with Crippen LogP contribution in [0.2, 0.25) is 0 Å². The lowest BCUT2D eigenvalue weighted by Crippen LogP contribution is -2.03. The van der Waals surface area contributed by atoms with E-state index in [4.69, 9.17) is 5.10 Å². The maximum Gasteiger partial charge on any atom is 0.188 e. The molecular formula is C30H32N2OS. The molecule has 34 heavy (non-hydrogen) atoms. The van der Waals surface area contributed by atoms with E-state index in [1.165, 1.54) is 34.1 Å². The Hall–Kier alpha value is -3.11. The first-order chi connectivity index (χ1) is 16.8. The highest BCUT2D eigenvalue weighted by atomic mass is 32.2.